The van der Waals surface area contributed by atoms with Gasteiger partial charge in [0, 0.05) is 48.3 Å². The van der Waals surface area contributed by atoms with Crippen LogP contribution >= 0.6 is 0 Å². The van der Waals surface area contributed by atoms with Crippen molar-refractivity contribution >= 4 is 22.7 Å². The van der Waals surface area contributed by atoms with Crippen molar-refractivity contribution in [1.29, 1.82) is 0 Å². The standard InChI is InChI=1S/C26H33N5O2/c1-17(2)13-19-14-23(30-29-19)25(33)31-11-8-26(9-12-31)15-21(26)24(32)27-10-7-18-16-28-22-6-4-3-5-20(18)22/h3-6,14,16-17,21,28H,7-13,15H2,1-2H3,(H,27,32)(H,29,30)/t21-/m0/s1. The number of likely N-dealkylation sites (tertiary alicyclic amines) is 1. The molecule has 0 unspecified atom stereocenters. The molecule has 0 radical (unpaired) electrons. The summed E-state index contributed by atoms with van der Waals surface area (Å²) < 4.78 is 0. The average Bonchev–Trinajstić information content (AvgIpc) is 3.11. The molecule has 33 heavy (non-hydrogen) atoms. The summed E-state index contributed by atoms with van der Waals surface area (Å²) in [5.41, 5.74) is 3.96. The van der Waals surface area contributed by atoms with Crippen LogP contribution in [0.5, 0.6) is 0 Å². The van der Waals surface area contributed by atoms with E-state index < -0.39 is 0 Å². The number of fused-ring (bicyclic) bond motifs is 1. The van der Waals surface area contributed by atoms with E-state index in [0.717, 1.165) is 43.3 Å². The van der Waals surface area contributed by atoms with Crippen molar-refractivity contribution < 1.29 is 9.59 Å². The Hall–Kier alpha value is -3.09. The van der Waals surface area contributed by atoms with Crippen LogP contribution in [0.4, 0.5) is 0 Å². The molecule has 7 nitrogen and oxygen atoms in total. The molecule has 174 valence electrons. The Labute approximate surface area is 194 Å². The molecule has 0 bridgehead atoms. The molecule has 7 heteroatoms. The highest BCUT2D eigenvalue weighted by molar-refractivity contribution is 5.92. The number of nitrogens with zero attached hydrogens (tertiary/aromatic N) is 2. The number of aromatic nitrogens is 3. The average molecular weight is 448 g/mol. The number of amides is 2. The van der Waals surface area contributed by atoms with Crippen molar-refractivity contribution in [1.82, 2.24) is 25.4 Å². The molecule has 2 fully saturated rings. The van der Waals surface area contributed by atoms with Gasteiger partial charge in [0.15, 0.2) is 0 Å². The van der Waals surface area contributed by atoms with Crippen LogP contribution in [0.3, 0.4) is 0 Å². The zero-order valence-corrected chi connectivity index (χ0v) is 19.5. The summed E-state index contributed by atoms with van der Waals surface area (Å²) in [6.45, 7) is 6.35. The van der Waals surface area contributed by atoms with E-state index in [0.29, 0.717) is 31.2 Å². The molecular formula is C26H33N5O2. The molecule has 2 aliphatic rings. The van der Waals surface area contributed by atoms with E-state index in [1.54, 1.807) is 0 Å². The first-order chi connectivity index (χ1) is 15.9. The molecule has 1 saturated heterocycles. The third-order valence-electron chi connectivity index (χ3n) is 7.40. The van der Waals surface area contributed by atoms with Crippen LogP contribution in [-0.4, -0.2) is 51.5 Å². The molecule has 1 spiro atoms. The van der Waals surface area contributed by atoms with Crippen molar-refractivity contribution in [2.45, 2.75) is 46.0 Å². The number of piperidine rings is 1. The third kappa shape index (κ3) is 4.41. The van der Waals surface area contributed by atoms with E-state index in [2.05, 4.69) is 46.5 Å². The van der Waals surface area contributed by atoms with E-state index in [1.165, 1.54) is 10.9 Å². The number of benzene rings is 1. The Balaban J connectivity index is 1.09. The van der Waals surface area contributed by atoms with E-state index in [9.17, 15) is 9.59 Å². The zero-order chi connectivity index (χ0) is 23.0. The predicted molar refractivity (Wildman–Crippen MR) is 128 cm³/mol. The fourth-order valence-corrected chi connectivity index (χ4v) is 5.39. The summed E-state index contributed by atoms with van der Waals surface area (Å²) in [6, 6.07) is 10.1. The Bertz CT molecular complexity index is 1150. The van der Waals surface area contributed by atoms with Gasteiger partial charge in [0.2, 0.25) is 5.91 Å². The van der Waals surface area contributed by atoms with E-state index in [-0.39, 0.29) is 23.1 Å². The topological polar surface area (TPSA) is 93.9 Å². The van der Waals surface area contributed by atoms with E-state index in [1.807, 2.05) is 29.3 Å². The van der Waals surface area contributed by atoms with Crippen LogP contribution in [0.15, 0.2) is 36.5 Å². The maximum absolute atomic E-state index is 12.9. The first-order valence-corrected chi connectivity index (χ1v) is 12.1. The summed E-state index contributed by atoms with van der Waals surface area (Å²) >= 11 is 0. The van der Waals surface area contributed by atoms with Crippen molar-refractivity contribution in [3.63, 3.8) is 0 Å². The Morgan fingerprint density at radius 2 is 2.03 bits per heavy atom. The van der Waals surface area contributed by atoms with Gasteiger partial charge < -0.3 is 15.2 Å². The molecule has 2 amide bonds. The second-order valence-electron chi connectivity index (χ2n) is 10.2. The molecule has 1 aromatic carbocycles. The minimum atomic E-state index is -0.00325. The normalized spacial score (nSPS) is 19.4. The molecule has 3 N–H and O–H groups in total. The monoisotopic (exact) mass is 447 g/mol. The largest absolute Gasteiger partial charge is 0.361 e. The first kappa shape index (κ1) is 21.7. The maximum Gasteiger partial charge on any atom is 0.274 e. The number of para-hydroxylation sites is 1. The molecule has 5 rings (SSSR count). The summed E-state index contributed by atoms with van der Waals surface area (Å²) in [5.74, 6) is 0.765. The second kappa shape index (κ2) is 8.69. The number of hydrogen-bond donors (Lipinski definition) is 3. The van der Waals surface area contributed by atoms with Gasteiger partial charge in [-0.15, -0.1) is 0 Å². The van der Waals surface area contributed by atoms with Gasteiger partial charge in [-0.1, -0.05) is 32.0 Å². The zero-order valence-electron chi connectivity index (χ0n) is 19.5. The van der Waals surface area contributed by atoms with Crippen molar-refractivity contribution in [2.75, 3.05) is 19.6 Å². The Morgan fingerprint density at radius 1 is 1.24 bits per heavy atom. The van der Waals surface area contributed by atoms with Crippen LogP contribution in [0.2, 0.25) is 0 Å². The van der Waals surface area contributed by atoms with Crippen LogP contribution in [-0.2, 0) is 17.6 Å². The van der Waals surface area contributed by atoms with Crippen LogP contribution in [0.25, 0.3) is 10.9 Å². The number of carbonyl (C=O) groups excluding carboxylic acids is 2. The number of nitrogens with one attached hydrogen (secondary N) is 3. The first-order valence-electron chi connectivity index (χ1n) is 12.1. The lowest BCUT2D eigenvalue weighted by Crippen LogP contribution is -2.41. The Kier molecular flexibility index (Phi) is 5.72. The molecule has 1 aliphatic carbocycles. The highest BCUT2D eigenvalue weighted by atomic mass is 16.2. The van der Waals surface area contributed by atoms with Gasteiger partial charge in [0.25, 0.3) is 5.91 Å². The quantitative estimate of drug-likeness (QED) is 0.516. The predicted octanol–water partition coefficient (Wildman–Crippen LogP) is 3.69. The van der Waals surface area contributed by atoms with Crippen molar-refractivity contribution in [3.05, 3.63) is 53.5 Å². The van der Waals surface area contributed by atoms with Crippen molar-refractivity contribution in [2.24, 2.45) is 17.3 Å². The minimum absolute atomic E-state index is 0.00325. The summed E-state index contributed by atoms with van der Waals surface area (Å²) in [5, 5.41) is 11.6. The van der Waals surface area contributed by atoms with Gasteiger partial charge >= 0.3 is 0 Å². The smallest absolute Gasteiger partial charge is 0.274 e. The van der Waals surface area contributed by atoms with Crippen LogP contribution < -0.4 is 5.32 Å². The van der Waals surface area contributed by atoms with Crippen LogP contribution in [0, 0.1) is 17.3 Å². The van der Waals surface area contributed by atoms with Gasteiger partial charge in [0.1, 0.15) is 5.69 Å². The summed E-state index contributed by atoms with van der Waals surface area (Å²) in [6.07, 6.45) is 6.47. The molecule has 2 aromatic heterocycles. The molecular weight excluding hydrogens is 414 g/mol. The van der Waals surface area contributed by atoms with E-state index >= 15 is 0 Å². The highest BCUT2D eigenvalue weighted by Crippen LogP contribution is 2.59. The van der Waals surface area contributed by atoms with Gasteiger partial charge in [-0.3, -0.25) is 14.7 Å². The fourth-order valence-electron chi connectivity index (χ4n) is 5.39. The van der Waals surface area contributed by atoms with Gasteiger partial charge in [-0.05, 0) is 61.1 Å². The summed E-state index contributed by atoms with van der Waals surface area (Å²) in [4.78, 5) is 30.8. The second-order valence-corrected chi connectivity index (χ2v) is 10.2. The summed E-state index contributed by atoms with van der Waals surface area (Å²) in [7, 11) is 0. The number of H-pyrrole nitrogens is 2. The SMILES string of the molecule is CC(C)Cc1cc(C(=O)N2CCC3(CC2)C[C@H]3C(=O)NCCc2c[nH]c3ccccc23)n[nH]1. The minimum Gasteiger partial charge on any atom is -0.361 e. The van der Waals surface area contributed by atoms with E-state index in [4.69, 9.17) is 0 Å². The van der Waals surface area contributed by atoms with Gasteiger partial charge in [-0.2, -0.15) is 5.10 Å². The van der Waals surface area contributed by atoms with Gasteiger partial charge in [-0.25, -0.2) is 0 Å². The molecule has 3 heterocycles. The molecule has 1 atom stereocenters. The molecule has 1 aliphatic heterocycles. The van der Waals surface area contributed by atoms with Crippen molar-refractivity contribution in [3.8, 4) is 0 Å². The van der Waals surface area contributed by atoms with Gasteiger partial charge in [0.05, 0.1) is 0 Å². The number of carbonyl (C=O) groups is 2. The lowest BCUT2D eigenvalue weighted by molar-refractivity contribution is -0.123. The number of rotatable bonds is 7. The fraction of sp³-hybridized carbons (Fsp3) is 0.500. The highest BCUT2D eigenvalue weighted by Gasteiger charge is 2.58. The lowest BCUT2D eigenvalue weighted by atomic mass is 9.90. The molecule has 3 aromatic rings. The van der Waals surface area contributed by atoms with Crippen LogP contribution in [0.1, 0.15) is 54.9 Å². The maximum atomic E-state index is 12.9. The number of aromatic amines is 2. The number of hydrogen-bond acceptors (Lipinski definition) is 3. The Morgan fingerprint density at radius 3 is 2.82 bits per heavy atom. The molecule has 1 saturated carbocycles. The lowest BCUT2D eigenvalue weighted by Gasteiger charge is -2.32. The third-order valence-corrected chi connectivity index (χ3v) is 7.40.